The molecule has 0 spiro atoms. The largest absolute Gasteiger partial charge is 0.485 e. The highest BCUT2D eigenvalue weighted by atomic mass is 16.5. The van der Waals surface area contributed by atoms with Crippen LogP contribution >= 0.6 is 0 Å². The number of nitrogens with two attached hydrogens (primary N) is 1. The van der Waals surface area contributed by atoms with E-state index >= 15 is 0 Å². The molecule has 2 aromatic heterocycles. The lowest BCUT2D eigenvalue weighted by Gasteiger charge is -2.01. The monoisotopic (exact) mass is 269 g/mol. The average molecular weight is 269 g/mol. The Kier molecular flexibility index (Phi) is 3.24. The van der Waals surface area contributed by atoms with Gasteiger partial charge in [-0.2, -0.15) is 4.98 Å². The molecule has 0 amide bonds. The summed E-state index contributed by atoms with van der Waals surface area (Å²) in [5.41, 5.74) is 6.06. The fourth-order valence-corrected chi connectivity index (χ4v) is 1.59. The molecule has 0 saturated heterocycles. The second-order valence-corrected chi connectivity index (χ2v) is 3.91. The molecule has 7 nitrogen and oxygen atoms in total. The molecule has 3 rings (SSSR count). The van der Waals surface area contributed by atoms with Crippen molar-refractivity contribution in [3.05, 3.63) is 48.5 Å². The summed E-state index contributed by atoms with van der Waals surface area (Å²) in [4.78, 5) is 12.1. The van der Waals surface area contributed by atoms with Crippen LogP contribution in [0.2, 0.25) is 0 Å². The summed E-state index contributed by atoms with van der Waals surface area (Å²) >= 11 is 0. The van der Waals surface area contributed by atoms with Crippen molar-refractivity contribution in [1.82, 2.24) is 20.1 Å². The molecule has 0 fully saturated rings. The minimum absolute atomic E-state index is 0.202. The lowest BCUT2D eigenvalue weighted by molar-refractivity contribution is 0.287. The second-order valence-electron chi connectivity index (χ2n) is 3.91. The Labute approximate surface area is 114 Å². The van der Waals surface area contributed by atoms with Crippen molar-refractivity contribution in [3.8, 4) is 17.3 Å². The molecular weight excluding hydrogens is 258 g/mol. The van der Waals surface area contributed by atoms with E-state index in [0.717, 1.165) is 5.75 Å². The van der Waals surface area contributed by atoms with Gasteiger partial charge in [-0.05, 0) is 12.1 Å². The molecule has 0 aliphatic rings. The van der Waals surface area contributed by atoms with Gasteiger partial charge in [-0.3, -0.25) is 0 Å². The molecule has 0 aliphatic carbocycles. The zero-order valence-corrected chi connectivity index (χ0v) is 10.4. The number of ether oxygens (including phenoxy) is 1. The highest BCUT2D eigenvalue weighted by Crippen LogP contribution is 2.19. The van der Waals surface area contributed by atoms with Gasteiger partial charge in [0.1, 0.15) is 5.75 Å². The van der Waals surface area contributed by atoms with Crippen molar-refractivity contribution in [3.63, 3.8) is 0 Å². The molecule has 100 valence electrons. The Hall–Kier alpha value is -2.96. The van der Waals surface area contributed by atoms with Crippen LogP contribution in [0.5, 0.6) is 5.75 Å². The topological polar surface area (TPSA) is 100.0 Å². The van der Waals surface area contributed by atoms with Crippen LogP contribution < -0.4 is 10.5 Å². The van der Waals surface area contributed by atoms with Crippen molar-refractivity contribution in [2.45, 2.75) is 6.61 Å². The van der Waals surface area contributed by atoms with Crippen LogP contribution in [0.25, 0.3) is 11.6 Å². The molecule has 2 heterocycles. The van der Waals surface area contributed by atoms with Crippen LogP contribution in [0.4, 0.5) is 5.82 Å². The maximum absolute atomic E-state index is 5.69. The average Bonchev–Trinajstić information content (AvgIpc) is 2.95. The fourth-order valence-electron chi connectivity index (χ4n) is 1.59. The molecular formula is C13H11N5O2. The fraction of sp³-hybridized carbons (Fsp3) is 0.0769. The van der Waals surface area contributed by atoms with Gasteiger partial charge in [-0.25, -0.2) is 9.97 Å². The van der Waals surface area contributed by atoms with E-state index in [2.05, 4.69) is 20.1 Å². The van der Waals surface area contributed by atoms with Crippen molar-refractivity contribution in [1.29, 1.82) is 0 Å². The first kappa shape index (κ1) is 12.1. The maximum Gasteiger partial charge on any atom is 0.280 e. The first-order valence-electron chi connectivity index (χ1n) is 5.90. The minimum atomic E-state index is 0.202. The van der Waals surface area contributed by atoms with Crippen LogP contribution in [0.3, 0.4) is 0 Å². The van der Waals surface area contributed by atoms with Crippen LogP contribution in [0, 0.1) is 0 Å². The summed E-state index contributed by atoms with van der Waals surface area (Å²) in [6.07, 6.45) is 3.00. The van der Waals surface area contributed by atoms with Crippen LogP contribution in [-0.4, -0.2) is 20.1 Å². The molecule has 0 unspecified atom stereocenters. The van der Waals surface area contributed by atoms with Crippen molar-refractivity contribution < 1.29 is 9.26 Å². The minimum Gasteiger partial charge on any atom is -0.485 e. The Bertz CT molecular complexity index is 699. The molecule has 0 atom stereocenters. The predicted molar refractivity (Wildman–Crippen MR) is 70.5 cm³/mol. The summed E-state index contributed by atoms with van der Waals surface area (Å²) in [7, 11) is 0. The normalized spacial score (nSPS) is 10.4. The standard InChI is InChI=1S/C13H11N5O2/c14-12-11(15-6-7-16-12)13-17-10(18-20-13)8-19-9-4-2-1-3-5-9/h1-7H,8H2,(H2,14,16). The Morgan fingerprint density at radius 3 is 2.70 bits per heavy atom. The number of nitrogen functional groups attached to an aromatic ring is 1. The number of benzene rings is 1. The van der Waals surface area contributed by atoms with Crippen molar-refractivity contribution in [2.75, 3.05) is 5.73 Å². The number of hydrogen-bond acceptors (Lipinski definition) is 7. The van der Waals surface area contributed by atoms with E-state index in [1.54, 1.807) is 0 Å². The third-order valence-electron chi connectivity index (χ3n) is 2.51. The number of para-hydroxylation sites is 1. The lowest BCUT2D eigenvalue weighted by Crippen LogP contribution is -1.98. The third-order valence-corrected chi connectivity index (χ3v) is 2.51. The first-order valence-corrected chi connectivity index (χ1v) is 5.90. The Morgan fingerprint density at radius 2 is 1.90 bits per heavy atom. The number of rotatable bonds is 4. The summed E-state index contributed by atoms with van der Waals surface area (Å²) < 4.78 is 10.6. The van der Waals surface area contributed by atoms with Gasteiger partial charge in [-0.15, -0.1) is 0 Å². The molecule has 0 radical (unpaired) electrons. The quantitative estimate of drug-likeness (QED) is 0.769. The van der Waals surface area contributed by atoms with Gasteiger partial charge in [0.2, 0.25) is 5.82 Å². The van der Waals surface area contributed by atoms with Gasteiger partial charge in [0.15, 0.2) is 18.1 Å². The van der Waals surface area contributed by atoms with Gasteiger partial charge < -0.3 is 15.0 Å². The molecule has 0 saturated carbocycles. The lowest BCUT2D eigenvalue weighted by atomic mass is 10.3. The highest BCUT2D eigenvalue weighted by molar-refractivity contribution is 5.61. The molecule has 0 bridgehead atoms. The summed E-state index contributed by atoms with van der Waals surface area (Å²) in [6.45, 7) is 0.202. The van der Waals surface area contributed by atoms with Gasteiger partial charge in [0, 0.05) is 12.4 Å². The molecule has 7 heteroatoms. The number of nitrogens with zero attached hydrogens (tertiary/aromatic N) is 4. The summed E-state index contributed by atoms with van der Waals surface area (Å²) in [5.74, 6) is 1.61. The van der Waals surface area contributed by atoms with E-state index in [4.69, 9.17) is 15.0 Å². The number of aromatic nitrogens is 4. The van der Waals surface area contributed by atoms with Crippen LogP contribution in [0.1, 0.15) is 5.82 Å². The van der Waals surface area contributed by atoms with E-state index in [0.29, 0.717) is 11.5 Å². The SMILES string of the molecule is Nc1nccnc1-c1nc(COc2ccccc2)no1. The van der Waals surface area contributed by atoms with Crippen LogP contribution in [0.15, 0.2) is 47.2 Å². The van der Waals surface area contributed by atoms with Crippen LogP contribution in [-0.2, 0) is 6.61 Å². The zero-order chi connectivity index (χ0) is 13.8. The molecule has 20 heavy (non-hydrogen) atoms. The van der Waals surface area contributed by atoms with Crippen molar-refractivity contribution in [2.24, 2.45) is 0 Å². The van der Waals surface area contributed by atoms with E-state index in [-0.39, 0.29) is 18.3 Å². The number of anilines is 1. The molecule has 3 aromatic rings. The smallest absolute Gasteiger partial charge is 0.280 e. The third kappa shape index (κ3) is 2.56. The molecule has 0 aliphatic heterocycles. The van der Waals surface area contributed by atoms with E-state index in [1.165, 1.54) is 12.4 Å². The zero-order valence-electron chi connectivity index (χ0n) is 10.4. The first-order chi connectivity index (χ1) is 9.83. The summed E-state index contributed by atoms with van der Waals surface area (Å²) in [5, 5.41) is 3.81. The van der Waals surface area contributed by atoms with E-state index in [9.17, 15) is 0 Å². The van der Waals surface area contributed by atoms with E-state index < -0.39 is 0 Å². The van der Waals surface area contributed by atoms with Gasteiger partial charge in [0.25, 0.3) is 5.89 Å². The number of hydrogen-bond donors (Lipinski definition) is 1. The van der Waals surface area contributed by atoms with Crippen molar-refractivity contribution >= 4 is 5.82 Å². The van der Waals surface area contributed by atoms with Gasteiger partial charge in [0.05, 0.1) is 0 Å². The maximum atomic E-state index is 5.69. The second kappa shape index (κ2) is 5.35. The Balaban J connectivity index is 1.73. The van der Waals surface area contributed by atoms with E-state index in [1.807, 2.05) is 30.3 Å². The Morgan fingerprint density at radius 1 is 1.10 bits per heavy atom. The highest BCUT2D eigenvalue weighted by Gasteiger charge is 2.13. The summed E-state index contributed by atoms with van der Waals surface area (Å²) in [6, 6.07) is 9.38. The molecule has 2 N–H and O–H groups in total. The van der Waals surface area contributed by atoms with Gasteiger partial charge >= 0.3 is 0 Å². The van der Waals surface area contributed by atoms with Gasteiger partial charge in [-0.1, -0.05) is 23.4 Å². The predicted octanol–water partition coefficient (Wildman–Crippen LogP) is 1.69. The molecule has 1 aromatic carbocycles.